The number of nitrogens with zero attached hydrogens (tertiary/aromatic N) is 2. The number of rotatable bonds is 8. The Morgan fingerprint density at radius 2 is 1.86 bits per heavy atom. The van der Waals surface area contributed by atoms with Crippen molar-refractivity contribution in [3.05, 3.63) is 0 Å². The lowest BCUT2D eigenvalue weighted by Gasteiger charge is -2.35. The Morgan fingerprint density at radius 1 is 1.29 bits per heavy atom. The minimum Gasteiger partial charge on any atom is -0.314 e. The van der Waals surface area contributed by atoms with E-state index in [-0.39, 0.29) is 6.04 Å². The number of thioether (sulfide) groups is 1. The molecular weight excluding hydrogens is 306 g/mol. The summed E-state index contributed by atoms with van der Waals surface area (Å²) in [4.78, 5) is 0. The highest BCUT2D eigenvalue weighted by molar-refractivity contribution is 7.98. The third-order valence-electron chi connectivity index (χ3n) is 4.11. The van der Waals surface area contributed by atoms with E-state index in [1.807, 2.05) is 13.2 Å². The number of hydrogen-bond donors (Lipinski definition) is 1. The molecule has 0 spiro atoms. The van der Waals surface area contributed by atoms with Gasteiger partial charge in [0.1, 0.15) is 0 Å². The molecule has 1 heterocycles. The highest BCUT2D eigenvalue weighted by atomic mass is 32.2. The van der Waals surface area contributed by atoms with Crippen LogP contribution < -0.4 is 5.32 Å². The van der Waals surface area contributed by atoms with Crippen LogP contribution in [0.4, 0.5) is 0 Å². The Kier molecular flexibility index (Phi) is 7.98. The maximum Gasteiger partial charge on any atom is 0.281 e. The fourth-order valence-electron chi connectivity index (χ4n) is 2.50. The van der Waals surface area contributed by atoms with Crippen LogP contribution in [0.25, 0.3) is 0 Å². The molecule has 1 rings (SSSR count). The van der Waals surface area contributed by atoms with Crippen LogP contribution in [0, 0.1) is 5.92 Å². The topological polar surface area (TPSA) is 52.7 Å². The second kappa shape index (κ2) is 8.72. The van der Waals surface area contributed by atoms with Gasteiger partial charge in [0.25, 0.3) is 10.2 Å². The molecule has 0 aromatic carbocycles. The minimum atomic E-state index is -3.31. The van der Waals surface area contributed by atoms with Gasteiger partial charge in [-0.15, -0.1) is 0 Å². The van der Waals surface area contributed by atoms with Gasteiger partial charge in [0, 0.05) is 38.0 Å². The predicted molar refractivity (Wildman–Crippen MR) is 92.0 cm³/mol. The quantitative estimate of drug-likeness (QED) is 0.731. The molecule has 1 saturated heterocycles. The van der Waals surface area contributed by atoms with Crippen LogP contribution in [0.5, 0.6) is 0 Å². The second-order valence-corrected chi connectivity index (χ2v) is 9.13. The molecule has 21 heavy (non-hydrogen) atoms. The second-order valence-electron chi connectivity index (χ2n) is 6.23. The van der Waals surface area contributed by atoms with Crippen molar-refractivity contribution in [2.45, 2.75) is 45.7 Å². The average molecular weight is 338 g/mol. The molecule has 0 aromatic heterocycles. The molecule has 0 radical (unpaired) electrons. The summed E-state index contributed by atoms with van der Waals surface area (Å²) in [6.07, 6.45) is 3.90. The SMILES string of the molecule is CSCC(C)N(C)S(=O)(=O)N1CCC(CNC(C)C)CC1. The van der Waals surface area contributed by atoms with E-state index in [1.165, 1.54) is 4.31 Å². The summed E-state index contributed by atoms with van der Waals surface area (Å²) < 4.78 is 28.4. The summed E-state index contributed by atoms with van der Waals surface area (Å²) in [6.45, 7) is 8.52. The highest BCUT2D eigenvalue weighted by Crippen LogP contribution is 2.22. The number of hydrogen-bond acceptors (Lipinski definition) is 4. The van der Waals surface area contributed by atoms with Gasteiger partial charge in [-0.1, -0.05) is 13.8 Å². The lowest BCUT2D eigenvalue weighted by molar-refractivity contribution is 0.246. The van der Waals surface area contributed by atoms with Crippen molar-refractivity contribution < 1.29 is 8.42 Å². The Labute approximate surface area is 135 Å². The molecule has 1 aliphatic rings. The van der Waals surface area contributed by atoms with Crippen LogP contribution in [0.3, 0.4) is 0 Å². The molecule has 7 heteroatoms. The third-order valence-corrected chi connectivity index (χ3v) is 7.03. The summed E-state index contributed by atoms with van der Waals surface area (Å²) in [5, 5.41) is 3.45. The van der Waals surface area contributed by atoms with Gasteiger partial charge in [0.05, 0.1) is 0 Å². The zero-order valence-corrected chi connectivity index (χ0v) is 15.6. The zero-order valence-electron chi connectivity index (χ0n) is 14.0. The average Bonchev–Trinajstić information content (AvgIpc) is 2.45. The van der Waals surface area contributed by atoms with Crippen molar-refractivity contribution in [3.8, 4) is 0 Å². The molecule has 1 atom stereocenters. The Balaban J connectivity index is 2.52. The van der Waals surface area contributed by atoms with Gasteiger partial charge in [0.15, 0.2) is 0 Å². The van der Waals surface area contributed by atoms with E-state index in [4.69, 9.17) is 0 Å². The van der Waals surface area contributed by atoms with Gasteiger partial charge < -0.3 is 5.32 Å². The van der Waals surface area contributed by atoms with Crippen LogP contribution in [0.1, 0.15) is 33.6 Å². The predicted octanol–water partition coefficient (Wildman–Crippen LogP) is 1.62. The fourth-order valence-corrected chi connectivity index (χ4v) is 4.87. The van der Waals surface area contributed by atoms with Gasteiger partial charge in [-0.25, -0.2) is 0 Å². The standard InChI is InChI=1S/C14H31N3O2S2/c1-12(2)15-10-14-6-8-17(9-7-14)21(18,19)16(4)13(3)11-20-5/h12-15H,6-11H2,1-5H3. The van der Waals surface area contributed by atoms with Crippen LogP contribution in [0.15, 0.2) is 0 Å². The smallest absolute Gasteiger partial charge is 0.281 e. The normalized spacial score (nSPS) is 20.3. The molecule has 0 aromatic rings. The molecule has 5 nitrogen and oxygen atoms in total. The van der Waals surface area contributed by atoms with Gasteiger partial charge >= 0.3 is 0 Å². The number of nitrogens with one attached hydrogen (secondary N) is 1. The molecule has 1 fully saturated rings. The van der Waals surface area contributed by atoms with Crippen molar-refractivity contribution in [2.75, 3.05) is 38.7 Å². The van der Waals surface area contributed by atoms with Crippen molar-refractivity contribution in [2.24, 2.45) is 5.92 Å². The van der Waals surface area contributed by atoms with Crippen LogP contribution >= 0.6 is 11.8 Å². The van der Waals surface area contributed by atoms with Crippen molar-refractivity contribution in [1.82, 2.24) is 13.9 Å². The van der Waals surface area contributed by atoms with Crippen LogP contribution in [-0.2, 0) is 10.2 Å². The van der Waals surface area contributed by atoms with E-state index >= 15 is 0 Å². The summed E-state index contributed by atoms with van der Waals surface area (Å²) in [6, 6.07) is 0.524. The molecular formula is C14H31N3O2S2. The summed E-state index contributed by atoms with van der Waals surface area (Å²) >= 11 is 1.68. The van der Waals surface area contributed by atoms with E-state index < -0.39 is 10.2 Å². The maximum atomic E-state index is 12.6. The molecule has 0 amide bonds. The molecule has 0 aliphatic carbocycles. The maximum absolute atomic E-state index is 12.6. The van der Waals surface area contributed by atoms with E-state index in [0.29, 0.717) is 25.0 Å². The fraction of sp³-hybridized carbons (Fsp3) is 1.00. The van der Waals surface area contributed by atoms with Crippen molar-refractivity contribution >= 4 is 22.0 Å². The lowest BCUT2D eigenvalue weighted by Crippen LogP contribution is -2.49. The lowest BCUT2D eigenvalue weighted by atomic mass is 9.98. The first kappa shape index (κ1) is 19.2. The molecule has 0 saturated carbocycles. The Hall–Kier alpha value is 0.180. The van der Waals surface area contributed by atoms with Crippen LogP contribution in [0.2, 0.25) is 0 Å². The summed E-state index contributed by atoms with van der Waals surface area (Å²) in [5.41, 5.74) is 0. The molecule has 126 valence electrons. The molecule has 1 unspecified atom stereocenters. The first-order valence-corrected chi connectivity index (χ1v) is 10.5. The van der Waals surface area contributed by atoms with Gasteiger partial charge in [0.2, 0.25) is 0 Å². The highest BCUT2D eigenvalue weighted by Gasteiger charge is 2.32. The van der Waals surface area contributed by atoms with E-state index in [1.54, 1.807) is 23.1 Å². The van der Waals surface area contributed by atoms with E-state index in [2.05, 4.69) is 19.2 Å². The summed E-state index contributed by atoms with van der Waals surface area (Å²) in [7, 11) is -1.61. The monoisotopic (exact) mass is 337 g/mol. The van der Waals surface area contributed by atoms with E-state index in [9.17, 15) is 8.42 Å². The van der Waals surface area contributed by atoms with Crippen LogP contribution in [-0.4, -0.2) is 67.8 Å². The Bertz CT molecular complexity index is 393. The summed E-state index contributed by atoms with van der Waals surface area (Å²) in [5.74, 6) is 1.41. The minimum absolute atomic E-state index is 0.0327. The Morgan fingerprint density at radius 3 is 2.33 bits per heavy atom. The first-order chi connectivity index (χ1) is 9.78. The largest absolute Gasteiger partial charge is 0.314 e. The van der Waals surface area contributed by atoms with Gasteiger partial charge in [-0.05, 0) is 38.5 Å². The molecule has 1 aliphatic heterocycles. The third kappa shape index (κ3) is 5.71. The van der Waals surface area contributed by atoms with Gasteiger partial charge in [-0.2, -0.15) is 28.8 Å². The zero-order chi connectivity index (χ0) is 16.0. The molecule has 0 bridgehead atoms. The van der Waals surface area contributed by atoms with Crippen molar-refractivity contribution in [3.63, 3.8) is 0 Å². The molecule has 1 N–H and O–H groups in total. The van der Waals surface area contributed by atoms with Gasteiger partial charge in [-0.3, -0.25) is 0 Å². The van der Waals surface area contributed by atoms with E-state index in [0.717, 1.165) is 25.1 Å². The number of piperidine rings is 1. The first-order valence-electron chi connectivity index (χ1n) is 7.74. The van der Waals surface area contributed by atoms with Crippen molar-refractivity contribution in [1.29, 1.82) is 0 Å².